The van der Waals surface area contributed by atoms with Gasteiger partial charge >= 0.3 is 0 Å². The average molecular weight is 148 g/mol. The Morgan fingerprint density at radius 3 is 2.36 bits per heavy atom. The van der Waals surface area contributed by atoms with Gasteiger partial charge in [-0.2, -0.15) is 0 Å². The molecule has 1 heteroatoms. The summed E-state index contributed by atoms with van der Waals surface area (Å²) in [6, 6.07) is 10.2. The molecule has 0 saturated heterocycles. The maximum Gasteiger partial charge on any atom is 0.0488 e. The lowest BCUT2D eigenvalue weighted by molar-refractivity contribution is 0.767. The first-order valence-corrected chi connectivity index (χ1v) is 3.94. The molecule has 0 unspecified atom stereocenters. The van der Waals surface area contributed by atoms with Gasteiger partial charge in [0.2, 0.25) is 0 Å². The topological polar surface area (TPSA) is 12.0 Å². The van der Waals surface area contributed by atoms with E-state index in [9.17, 15) is 0 Å². The first-order chi connectivity index (χ1) is 5.29. The van der Waals surface area contributed by atoms with Gasteiger partial charge < -0.3 is 5.32 Å². The second-order valence-corrected chi connectivity index (χ2v) is 2.92. The van der Waals surface area contributed by atoms with E-state index in [4.69, 9.17) is 0 Å². The molecule has 0 aliphatic carbocycles. The van der Waals surface area contributed by atoms with E-state index in [-0.39, 0.29) is 0 Å². The highest BCUT2D eigenvalue weighted by atomic mass is 14.9. The quantitative estimate of drug-likeness (QED) is 0.695. The normalized spacial score (nSPS) is 10.1. The number of anilines is 1. The van der Waals surface area contributed by atoms with E-state index in [1.807, 2.05) is 18.2 Å². The van der Waals surface area contributed by atoms with Gasteiger partial charge in [0.25, 0.3) is 0 Å². The fourth-order valence-corrected chi connectivity index (χ4v) is 0.797. The zero-order chi connectivity index (χ0) is 8.10. The minimum atomic E-state index is 0.579. The van der Waals surface area contributed by atoms with Crippen LogP contribution >= 0.6 is 0 Å². The molecule has 1 nitrogen and oxygen atoms in total. The molecule has 0 aromatic heterocycles. The van der Waals surface area contributed by atoms with Crippen molar-refractivity contribution in [2.75, 3.05) is 5.32 Å². The summed E-state index contributed by atoms with van der Waals surface area (Å²) in [4.78, 5) is 0. The second-order valence-electron chi connectivity index (χ2n) is 2.92. The molecule has 1 N–H and O–H groups in total. The molecule has 0 heterocycles. The van der Waals surface area contributed by atoms with E-state index >= 15 is 0 Å². The van der Waals surface area contributed by atoms with Gasteiger partial charge in [-0.05, 0) is 18.1 Å². The average Bonchev–Trinajstić information content (AvgIpc) is 2.03. The third-order valence-electron chi connectivity index (χ3n) is 1.36. The molecule has 59 valence electrons. The van der Waals surface area contributed by atoms with E-state index in [2.05, 4.69) is 37.8 Å². The SMILES string of the molecule is CC(C)[CH]Nc1ccccc1. The van der Waals surface area contributed by atoms with Crippen molar-refractivity contribution < 1.29 is 0 Å². The Balaban J connectivity index is 2.39. The summed E-state index contributed by atoms with van der Waals surface area (Å²) in [6.07, 6.45) is 0. The lowest BCUT2D eigenvalue weighted by atomic mass is 10.2. The van der Waals surface area contributed by atoms with Gasteiger partial charge in [0.1, 0.15) is 0 Å². The molecule has 0 fully saturated rings. The van der Waals surface area contributed by atoms with Crippen LogP contribution in [0.4, 0.5) is 5.69 Å². The van der Waals surface area contributed by atoms with Gasteiger partial charge in [0.15, 0.2) is 0 Å². The Hall–Kier alpha value is -0.980. The Morgan fingerprint density at radius 1 is 1.18 bits per heavy atom. The number of benzene rings is 1. The van der Waals surface area contributed by atoms with E-state index in [1.54, 1.807) is 0 Å². The van der Waals surface area contributed by atoms with E-state index in [0.29, 0.717) is 5.92 Å². The molecule has 1 aromatic carbocycles. The molecule has 0 bridgehead atoms. The lowest BCUT2D eigenvalue weighted by Gasteiger charge is -2.06. The summed E-state index contributed by atoms with van der Waals surface area (Å²) < 4.78 is 0. The Labute approximate surface area is 68.4 Å². The molecule has 11 heavy (non-hydrogen) atoms. The summed E-state index contributed by atoms with van der Waals surface area (Å²) in [6.45, 7) is 6.38. The second kappa shape index (κ2) is 4.02. The highest BCUT2D eigenvalue weighted by molar-refractivity contribution is 5.43. The van der Waals surface area contributed by atoms with Crippen LogP contribution in [0, 0.1) is 12.5 Å². The van der Waals surface area contributed by atoms with Gasteiger partial charge in [-0.15, -0.1) is 0 Å². The number of rotatable bonds is 3. The van der Waals surface area contributed by atoms with Gasteiger partial charge in [-0.3, -0.25) is 0 Å². The van der Waals surface area contributed by atoms with E-state index in [1.165, 1.54) is 0 Å². The van der Waals surface area contributed by atoms with Gasteiger partial charge in [-0.1, -0.05) is 32.0 Å². The fourth-order valence-electron chi connectivity index (χ4n) is 0.797. The molecule has 0 aliphatic heterocycles. The lowest BCUT2D eigenvalue weighted by Crippen LogP contribution is -1.99. The molecule has 1 aromatic rings. The van der Waals surface area contributed by atoms with Crippen molar-refractivity contribution in [2.45, 2.75) is 13.8 Å². The van der Waals surface area contributed by atoms with Crippen molar-refractivity contribution in [3.63, 3.8) is 0 Å². The first kappa shape index (κ1) is 8.12. The predicted molar refractivity (Wildman–Crippen MR) is 49.2 cm³/mol. The van der Waals surface area contributed by atoms with Crippen molar-refractivity contribution in [3.05, 3.63) is 36.9 Å². The summed E-state index contributed by atoms with van der Waals surface area (Å²) in [5, 5.41) is 3.22. The number of nitrogens with one attached hydrogen (secondary N) is 1. The summed E-state index contributed by atoms with van der Waals surface area (Å²) in [5.74, 6) is 0.579. The van der Waals surface area contributed by atoms with Gasteiger partial charge in [-0.25, -0.2) is 0 Å². The van der Waals surface area contributed by atoms with Crippen molar-refractivity contribution in [2.24, 2.45) is 5.92 Å². The van der Waals surface area contributed by atoms with Crippen LogP contribution in [0.5, 0.6) is 0 Å². The zero-order valence-corrected chi connectivity index (χ0v) is 7.04. The van der Waals surface area contributed by atoms with Crippen LogP contribution in [0.25, 0.3) is 0 Å². The molecule has 0 saturated carbocycles. The van der Waals surface area contributed by atoms with Crippen molar-refractivity contribution >= 4 is 5.69 Å². The Kier molecular flexibility index (Phi) is 2.96. The largest absolute Gasteiger partial charge is 0.380 e. The number of hydrogen-bond acceptors (Lipinski definition) is 1. The molecular formula is C10H14N. The zero-order valence-electron chi connectivity index (χ0n) is 7.04. The summed E-state index contributed by atoms with van der Waals surface area (Å²) in [7, 11) is 0. The molecule has 0 spiro atoms. The minimum absolute atomic E-state index is 0.579. The molecule has 0 atom stereocenters. The molecular weight excluding hydrogens is 134 g/mol. The summed E-state index contributed by atoms with van der Waals surface area (Å²) in [5.41, 5.74) is 1.15. The highest BCUT2D eigenvalue weighted by Gasteiger charge is 1.92. The molecule has 0 amide bonds. The van der Waals surface area contributed by atoms with Gasteiger partial charge in [0.05, 0.1) is 0 Å². The van der Waals surface area contributed by atoms with Crippen LogP contribution < -0.4 is 5.32 Å². The Bertz CT molecular complexity index is 191. The third-order valence-corrected chi connectivity index (χ3v) is 1.36. The number of para-hydroxylation sites is 1. The van der Waals surface area contributed by atoms with Crippen LogP contribution in [0.1, 0.15) is 13.8 Å². The Morgan fingerprint density at radius 2 is 1.82 bits per heavy atom. The van der Waals surface area contributed by atoms with Crippen LogP contribution in [-0.2, 0) is 0 Å². The van der Waals surface area contributed by atoms with E-state index in [0.717, 1.165) is 5.69 Å². The highest BCUT2D eigenvalue weighted by Crippen LogP contribution is 2.07. The summed E-state index contributed by atoms with van der Waals surface area (Å²) >= 11 is 0. The third kappa shape index (κ3) is 3.08. The van der Waals surface area contributed by atoms with Crippen LogP contribution in [-0.4, -0.2) is 0 Å². The van der Waals surface area contributed by atoms with Crippen LogP contribution in [0.15, 0.2) is 30.3 Å². The van der Waals surface area contributed by atoms with Crippen LogP contribution in [0.2, 0.25) is 0 Å². The van der Waals surface area contributed by atoms with Gasteiger partial charge in [0, 0.05) is 12.2 Å². The van der Waals surface area contributed by atoms with Crippen molar-refractivity contribution in [1.82, 2.24) is 0 Å². The maximum atomic E-state index is 3.22. The first-order valence-electron chi connectivity index (χ1n) is 3.94. The minimum Gasteiger partial charge on any atom is -0.380 e. The molecule has 0 aliphatic rings. The van der Waals surface area contributed by atoms with E-state index < -0.39 is 0 Å². The van der Waals surface area contributed by atoms with Crippen molar-refractivity contribution in [1.29, 1.82) is 0 Å². The molecule has 1 radical (unpaired) electrons. The maximum absolute atomic E-state index is 3.22. The number of hydrogen-bond donors (Lipinski definition) is 1. The van der Waals surface area contributed by atoms with Crippen LogP contribution in [0.3, 0.4) is 0 Å². The molecule has 1 rings (SSSR count). The van der Waals surface area contributed by atoms with Crippen molar-refractivity contribution in [3.8, 4) is 0 Å². The monoisotopic (exact) mass is 148 g/mol. The predicted octanol–water partition coefficient (Wildman–Crippen LogP) is 2.92. The standard InChI is InChI=1S/C10H14N/c1-9(2)8-11-10-6-4-3-5-7-10/h3-9,11H,1-2H3. The smallest absolute Gasteiger partial charge is 0.0488 e. The fraction of sp³-hybridized carbons (Fsp3) is 0.300.